The van der Waals surface area contributed by atoms with Crippen molar-refractivity contribution < 1.29 is 9.47 Å². The first-order valence-electron chi connectivity index (χ1n) is 7.35. The van der Waals surface area contributed by atoms with E-state index in [9.17, 15) is 0 Å². The number of hydrogen-bond donors (Lipinski definition) is 1. The van der Waals surface area contributed by atoms with E-state index in [2.05, 4.69) is 43.9 Å². The van der Waals surface area contributed by atoms with Gasteiger partial charge in [0.25, 0.3) is 0 Å². The van der Waals surface area contributed by atoms with Crippen molar-refractivity contribution in [3.63, 3.8) is 0 Å². The number of nitrogens with one attached hydrogen (secondary N) is 1. The van der Waals surface area contributed by atoms with E-state index in [-0.39, 0.29) is 0 Å². The molecule has 0 aliphatic carbocycles. The molecule has 2 aromatic carbocycles. The quantitative estimate of drug-likeness (QED) is 0.764. The van der Waals surface area contributed by atoms with Crippen molar-refractivity contribution in [3.05, 3.63) is 65.7 Å². The molecule has 116 valence electrons. The van der Waals surface area contributed by atoms with E-state index in [1.54, 1.807) is 13.2 Å². The van der Waals surface area contributed by atoms with Crippen molar-refractivity contribution in [2.45, 2.75) is 20.4 Å². The number of anilines is 1. The standard InChI is InChI=1S/C19H23NO2/c1-5-10-22-18-9-7-16(12-19(18)21-4)13-20-17-8-6-14(2)15(3)11-17/h5-9,11-12,20H,1,10,13H2,2-4H3. The van der Waals surface area contributed by atoms with Gasteiger partial charge in [0.2, 0.25) is 0 Å². The van der Waals surface area contributed by atoms with Gasteiger partial charge in [0, 0.05) is 12.2 Å². The zero-order valence-corrected chi connectivity index (χ0v) is 13.5. The molecule has 0 aliphatic rings. The van der Waals surface area contributed by atoms with E-state index in [1.165, 1.54) is 11.1 Å². The summed E-state index contributed by atoms with van der Waals surface area (Å²) in [6, 6.07) is 12.3. The summed E-state index contributed by atoms with van der Waals surface area (Å²) in [5.74, 6) is 1.47. The molecule has 0 saturated carbocycles. The largest absolute Gasteiger partial charge is 0.493 e. The molecule has 2 aromatic rings. The molecule has 0 atom stereocenters. The first-order valence-corrected chi connectivity index (χ1v) is 7.35. The fourth-order valence-electron chi connectivity index (χ4n) is 2.15. The summed E-state index contributed by atoms with van der Waals surface area (Å²) < 4.78 is 10.9. The predicted molar refractivity (Wildman–Crippen MR) is 91.9 cm³/mol. The maximum Gasteiger partial charge on any atom is 0.161 e. The van der Waals surface area contributed by atoms with Crippen LogP contribution in [0.15, 0.2) is 49.1 Å². The van der Waals surface area contributed by atoms with Crippen LogP contribution in [-0.4, -0.2) is 13.7 Å². The highest BCUT2D eigenvalue weighted by atomic mass is 16.5. The summed E-state index contributed by atoms with van der Waals surface area (Å²) >= 11 is 0. The fourth-order valence-corrected chi connectivity index (χ4v) is 2.15. The van der Waals surface area contributed by atoms with Crippen LogP contribution in [0.2, 0.25) is 0 Å². The van der Waals surface area contributed by atoms with E-state index < -0.39 is 0 Å². The van der Waals surface area contributed by atoms with Gasteiger partial charge in [0.1, 0.15) is 6.61 Å². The summed E-state index contributed by atoms with van der Waals surface area (Å²) in [6.07, 6.45) is 1.72. The van der Waals surface area contributed by atoms with E-state index in [1.807, 2.05) is 18.2 Å². The van der Waals surface area contributed by atoms with Crippen molar-refractivity contribution in [1.29, 1.82) is 0 Å². The van der Waals surface area contributed by atoms with Crippen LogP contribution < -0.4 is 14.8 Å². The van der Waals surface area contributed by atoms with Crippen molar-refractivity contribution in [1.82, 2.24) is 0 Å². The summed E-state index contributed by atoms with van der Waals surface area (Å²) in [4.78, 5) is 0. The zero-order valence-electron chi connectivity index (χ0n) is 13.5. The van der Waals surface area contributed by atoms with Gasteiger partial charge in [-0.15, -0.1) is 0 Å². The Labute approximate surface area is 132 Å². The fraction of sp³-hybridized carbons (Fsp3) is 0.263. The monoisotopic (exact) mass is 297 g/mol. The molecule has 0 aliphatic heterocycles. The first kappa shape index (κ1) is 16.0. The van der Waals surface area contributed by atoms with Gasteiger partial charge in [0.15, 0.2) is 11.5 Å². The molecule has 22 heavy (non-hydrogen) atoms. The third-order valence-electron chi connectivity index (χ3n) is 3.59. The number of rotatable bonds is 7. The van der Waals surface area contributed by atoms with Crippen LogP contribution in [0, 0.1) is 13.8 Å². The lowest BCUT2D eigenvalue weighted by Crippen LogP contribution is -2.02. The third kappa shape index (κ3) is 4.04. The SMILES string of the molecule is C=CCOc1ccc(CNc2ccc(C)c(C)c2)cc1OC. The minimum absolute atomic E-state index is 0.469. The van der Waals surface area contributed by atoms with Crippen LogP contribution in [-0.2, 0) is 6.54 Å². The van der Waals surface area contributed by atoms with Crippen molar-refractivity contribution >= 4 is 5.69 Å². The predicted octanol–water partition coefficient (Wildman–Crippen LogP) is 4.49. The van der Waals surface area contributed by atoms with E-state index >= 15 is 0 Å². The van der Waals surface area contributed by atoms with E-state index in [0.717, 1.165) is 29.3 Å². The first-order chi connectivity index (χ1) is 10.6. The van der Waals surface area contributed by atoms with Crippen LogP contribution in [0.1, 0.15) is 16.7 Å². The highest BCUT2D eigenvalue weighted by Gasteiger charge is 2.05. The Morgan fingerprint density at radius 3 is 2.55 bits per heavy atom. The molecule has 0 aromatic heterocycles. The molecule has 1 N–H and O–H groups in total. The van der Waals surface area contributed by atoms with Crippen LogP contribution in [0.3, 0.4) is 0 Å². The molecule has 0 heterocycles. The van der Waals surface area contributed by atoms with Gasteiger partial charge >= 0.3 is 0 Å². The average molecular weight is 297 g/mol. The number of hydrogen-bond acceptors (Lipinski definition) is 3. The van der Waals surface area contributed by atoms with E-state index in [0.29, 0.717) is 6.61 Å². The lowest BCUT2D eigenvalue weighted by atomic mass is 10.1. The van der Waals surface area contributed by atoms with E-state index in [4.69, 9.17) is 9.47 Å². The smallest absolute Gasteiger partial charge is 0.161 e. The number of benzene rings is 2. The average Bonchev–Trinajstić information content (AvgIpc) is 2.54. The summed E-state index contributed by atoms with van der Waals surface area (Å²) in [6.45, 7) is 9.09. The minimum Gasteiger partial charge on any atom is -0.493 e. The molecule has 0 fully saturated rings. The van der Waals surface area contributed by atoms with Crippen LogP contribution in [0.5, 0.6) is 11.5 Å². The molecule has 0 amide bonds. The summed E-state index contributed by atoms with van der Waals surface area (Å²) in [5, 5.41) is 3.43. The highest BCUT2D eigenvalue weighted by Crippen LogP contribution is 2.28. The minimum atomic E-state index is 0.469. The number of aryl methyl sites for hydroxylation is 2. The molecule has 3 heteroatoms. The van der Waals surface area contributed by atoms with Crippen LogP contribution in [0.25, 0.3) is 0 Å². The summed E-state index contributed by atoms with van der Waals surface area (Å²) in [5.41, 5.74) is 4.85. The Morgan fingerprint density at radius 2 is 1.86 bits per heavy atom. The Bertz CT molecular complexity index is 650. The van der Waals surface area contributed by atoms with Crippen LogP contribution >= 0.6 is 0 Å². The summed E-state index contributed by atoms with van der Waals surface area (Å²) in [7, 11) is 1.65. The van der Waals surface area contributed by atoms with Crippen molar-refractivity contribution in [3.8, 4) is 11.5 Å². The maximum absolute atomic E-state index is 5.56. The third-order valence-corrected chi connectivity index (χ3v) is 3.59. The topological polar surface area (TPSA) is 30.5 Å². The lowest BCUT2D eigenvalue weighted by molar-refractivity contribution is 0.326. The molecule has 0 bridgehead atoms. The van der Waals surface area contributed by atoms with Gasteiger partial charge in [-0.3, -0.25) is 0 Å². The van der Waals surface area contributed by atoms with Gasteiger partial charge in [0.05, 0.1) is 7.11 Å². The molecule has 2 rings (SSSR count). The molecule has 0 saturated heterocycles. The van der Waals surface area contributed by atoms with Gasteiger partial charge in [-0.2, -0.15) is 0 Å². The lowest BCUT2D eigenvalue weighted by Gasteiger charge is -2.12. The normalized spacial score (nSPS) is 10.1. The molecule has 0 radical (unpaired) electrons. The Kier molecular flexibility index (Phi) is 5.48. The van der Waals surface area contributed by atoms with Crippen LogP contribution in [0.4, 0.5) is 5.69 Å². The van der Waals surface area contributed by atoms with Gasteiger partial charge in [-0.1, -0.05) is 24.8 Å². The molecular weight excluding hydrogens is 274 g/mol. The molecule has 0 unspecified atom stereocenters. The van der Waals surface area contributed by atoms with Gasteiger partial charge < -0.3 is 14.8 Å². The Morgan fingerprint density at radius 1 is 1.05 bits per heavy atom. The second kappa shape index (κ2) is 7.55. The second-order valence-electron chi connectivity index (χ2n) is 5.24. The Balaban J connectivity index is 2.06. The van der Waals surface area contributed by atoms with Crippen molar-refractivity contribution in [2.24, 2.45) is 0 Å². The number of methoxy groups -OCH3 is 1. The van der Waals surface area contributed by atoms with Gasteiger partial charge in [-0.05, 0) is 54.8 Å². The highest BCUT2D eigenvalue weighted by molar-refractivity contribution is 5.49. The number of ether oxygens (including phenoxy) is 2. The molecular formula is C19H23NO2. The second-order valence-corrected chi connectivity index (χ2v) is 5.24. The molecule has 0 spiro atoms. The van der Waals surface area contributed by atoms with Crippen molar-refractivity contribution in [2.75, 3.05) is 19.0 Å². The maximum atomic E-state index is 5.56. The molecule has 3 nitrogen and oxygen atoms in total. The Hall–Kier alpha value is -2.42. The van der Waals surface area contributed by atoms with Gasteiger partial charge in [-0.25, -0.2) is 0 Å². The zero-order chi connectivity index (χ0) is 15.9.